The number of rotatable bonds is 4. The molecular formula is C24H19F3N2O2. The standard InChI is InChI=1S/C24H19F3N2O2/c1-14-10-11-16-6-3-4-9-19(16)20(14)13-29-21(23(30)31)15(2)28-22(29)17-7-5-8-18(12-17)24(25,26)27/h3-12H,13H2,1-2H3,(H,30,31). The van der Waals surface area contributed by atoms with Crippen molar-refractivity contribution in [3.05, 3.63) is 88.7 Å². The monoisotopic (exact) mass is 424 g/mol. The molecule has 0 aliphatic rings. The van der Waals surface area contributed by atoms with Crippen molar-refractivity contribution in [2.75, 3.05) is 0 Å². The van der Waals surface area contributed by atoms with Gasteiger partial charge in [0.25, 0.3) is 0 Å². The zero-order valence-corrected chi connectivity index (χ0v) is 16.9. The Hall–Kier alpha value is -3.61. The van der Waals surface area contributed by atoms with E-state index in [2.05, 4.69) is 4.98 Å². The molecule has 0 aliphatic carbocycles. The Morgan fingerprint density at radius 1 is 1.03 bits per heavy atom. The molecule has 158 valence electrons. The Labute approximate surface area is 176 Å². The predicted octanol–water partition coefficient (Wildman–Crippen LogP) is 6.09. The lowest BCUT2D eigenvalue weighted by atomic mass is 9.99. The summed E-state index contributed by atoms with van der Waals surface area (Å²) in [5.74, 6) is -0.991. The van der Waals surface area contributed by atoms with Crippen LogP contribution in [0.2, 0.25) is 0 Å². The van der Waals surface area contributed by atoms with Gasteiger partial charge < -0.3 is 9.67 Å². The molecule has 0 atom stereocenters. The second kappa shape index (κ2) is 7.58. The highest BCUT2D eigenvalue weighted by atomic mass is 19.4. The van der Waals surface area contributed by atoms with Gasteiger partial charge in [-0.05, 0) is 47.9 Å². The van der Waals surface area contributed by atoms with E-state index in [1.165, 1.54) is 16.7 Å². The van der Waals surface area contributed by atoms with Gasteiger partial charge in [0.05, 0.1) is 17.8 Å². The summed E-state index contributed by atoms with van der Waals surface area (Å²) < 4.78 is 41.2. The zero-order valence-electron chi connectivity index (χ0n) is 16.9. The molecule has 0 radical (unpaired) electrons. The summed E-state index contributed by atoms with van der Waals surface area (Å²) in [6.45, 7) is 3.64. The lowest BCUT2D eigenvalue weighted by molar-refractivity contribution is -0.137. The van der Waals surface area contributed by atoms with Crippen LogP contribution in [0.3, 0.4) is 0 Å². The quantitative estimate of drug-likeness (QED) is 0.432. The maximum atomic E-state index is 13.2. The number of aryl methyl sites for hydroxylation is 2. The van der Waals surface area contributed by atoms with E-state index in [4.69, 9.17) is 0 Å². The Kier molecular flexibility index (Phi) is 5.05. The van der Waals surface area contributed by atoms with Crippen LogP contribution in [-0.4, -0.2) is 20.6 Å². The third-order valence-electron chi connectivity index (χ3n) is 5.38. The van der Waals surface area contributed by atoms with E-state index in [9.17, 15) is 23.1 Å². The number of hydrogen-bond acceptors (Lipinski definition) is 2. The molecule has 0 spiro atoms. The normalized spacial score (nSPS) is 11.8. The number of nitrogens with zero attached hydrogens (tertiary/aromatic N) is 2. The average Bonchev–Trinajstić information content (AvgIpc) is 3.05. The lowest BCUT2D eigenvalue weighted by Gasteiger charge is -2.16. The molecule has 0 fully saturated rings. The number of aromatic carboxylic acids is 1. The fourth-order valence-corrected chi connectivity index (χ4v) is 3.87. The van der Waals surface area contributed by atoms with E-state index in [-0.39, 0.29) is 29.3 Å². The van der Waals surface area contributed by atoms with E-state index >= 15 is 0 Å². The largest absolute Gasteiger partial charge is 0.477 e. The first kappa shape index (κ1) is 20.7. The maximum absolute atomic E-state index is 13.2. The number of fused-ring (bicyclic) bond motifs is 1. The number of benzene rings is 3. The molecule has 31 heavy (non-hydrogen) atoms. The van der Waals surface area contributed by atoms with Crippen molar-refractivity contribution < 1.29 is 23.1 Å². The van der Waals surface area contributed by atoms with Gasteiger partial charge in [0, 0.05) is 5.56 Å². The third-order valence-corrected chi connectivity index (χ3v) is 5.38. The Balaban J connectivity index is 1.94. The highest BCUT2D eigenvalue weighted by Gasteiger charge is 2.31. The number of hydrogen-bond donors (Lipinski definition) is 1. The van der Waals surface area contributed by atoms with E-state index in [0.29, 0.717) is 0 Å². The lowest BCUT2D eigenvalue weighted by Crippen LogP contribution is -2.13. The molecule has 7 heteroatoms. The summed E-state index contributed by atoms with van der Waals surface area (Å²) >= 11 is 0. The van der Waals surface area contributed by atoms with Gasteiger partial charge in [-0.3, -0.25) is 0 Å². The Morgan fingerprint density at radius 2 is 1.77 bits per heavy atom. The van der Waals surface area contributed by atoms with E-state index < -0.39 is 17.7 Å². The SMILES string of the molecule is Cc1ccc2ccccc2c1Cn1c(-c2cccc(C(F)(F)F)c2)nc(C)c1C(=O)O. The highest BCUT2D eigenvalue weighted by molar-refractivity contribution is 5.89. The number of carbonyl (C=O) groups is 1. The van der Waals surface area contributed by atoms with Gasteiger partial charge in [-0.15, -0.1) is 0 Å². The molecule has 0 unspecified atom stereocenters. The van der Waals surface area contributed by atoms with Gasteiger partial charge >= 0.3 is 12.1 Å². The molecule has 0 bridgehead atoms. The second-order valence-corrected chi connectivity index (χ2v) is 7.42. The summed E-state index contributed by atoms with van der Waals surface area (Å²) in [5, 5.41) is 11.8. The fourth-order valence-electron chi connectivity index (χ4n) is 3.87. The Bertz CT molecular complexity index is 1310. The first-order valence-electron chi connectivity index (χ1n) is 9.62. The zero-order chi connectivity index (χ0) is 22.3. The maximum Gasteiger partial charge on any atom is 0.416 e. The van der Waals surface area contributed by atoms with Crippen LogP contribution >= 0.6 is 0 Å². The third kappa shape index (κ3) is 3.79. The highest BCUT2D eigenvalue weighted by Crippen LogP contribution is 2.33. The Morgan fingerprint density at radius 3 is 2.48 bits per heavy atom. The van der Waals surface area contributed by atoms with Crippen molar-refractivity contribution >= 4 is 16.7 Å². The molecule has 4 aromatic rings. The first-order valence-corrected chi connectivity index (χ1v) is 9.62. The van der Waals surface area contributed by atoms with Crippen molar-refractivity contribution in [3.63, 3.8) is 0 Å². The van der Waals surface area contributed by atoms with Crippen LogP contribution in [0.25, 0.3) is 22.2 Å². The molecule has 1 N–H and O–H groups in total. The van der Waals surface area contributed by atoms with Crippen molar-refractivity contribution in [2.24, 2.45) is 0 Å². The number of halogens is 3. The molecule has 4 rings (SSSR count). The molecule has 0 amide bonds. The number of imidazole rings is 1. The van der Waals surface area contributed by atoms with Crippen LogP contribution in [0.5, 0.6) is 0 Å². The van der Waals surface area contributed by atoms with Crippen LogP contribution in [0.1, 0.15) is 32.9 Å². The van der Waals surface area contributed by atoms with Crippen molar-refractivity contribution in [1.29, 1.82) is 0 Å². The summed E-state index contributed by atoms with van der Waals surface area (Å²) in [6, 6.07) is 16.5. The molecule has 1 heterocycles. The molecule has 1 aromatic heterocycles. The minimum Gasteiger partial charge on any atom is -0.477 e. The van der Waals surface area contributed by atoms with Crippen LogP contribution < -0.4 is 0 Å². The predicted molar refractivity (Wildman–Crippen MR) is 112 cm³/mol. The summed E-state index contributed by atoms with van der Waals surface area (Å²) in [6.07, 6.45) is -4.51. The minimum absolute atomic E-state index is 0.0419. The molecule has 3 aromatic carbocycles. The van der Waals surface area contributed by atoms with Crippen molar-refractivity contribution in [3.8, 4) is 11.4 Å². The number of aromatic nitrogens is 2. The van der Waals surface area contributed by atoms with E-state index in [1.807, 2.05) is 43.3 Å². The smallest absolute Gasteiger partial charge is 0.416 e. The van der Waals surface area contributed by atoms with Crippen LogP contribution in [0.15, 0.2) is 60.7 Å². The van der Waals surface area contributed by atoms with Crippen LogP contribution in [0.4, 0.5) is 13.2 Å². The summed E-state index contributed by atoms with van der Waals surface area (Å²) in [5.41, 5.74) is 1.46. The van der Waals surface area contributed by atoms with Gasteiger partial charge in [0.15, 0.2) is 5.69 Å². The average molecular weight is 424 g/mol. The number of alkyl halides is 3. The van der Waals surface area contributed by atoms with Gasteiger partial charge in [-0.1, -0.05) is 48.5 Å². The van der Waals surface area contributed by atoms with Gasteiger partial charge in [0.2, 0.25) is 0 Å². The molecular weight excluding hydrogens is 405 g/mol. The van der Waals surface area contributed by atoms with E-state index in [1.54, 1.807) is 6.92 Å². The fraction of sp³-hybridized carbons (Fsp3) is 0.167. The van der Waals surface area contributed by atoms with Gasteiger partial charge in [-0.2, -0.15) is 13.2 Å². The van der Waals surface area contributed by atoms with E-state index in [0.717, 1.165) is 34.0 Å². The van der Waals surface area contributed by atoms with Crippen LogP contribution in [0, 0.1) is 13.8 Å². The molecule has 0 aliphatic heterocycles. The van der Waals surface area contributed by atoms with Crippen molar-refractivity contribution in [1.82, 2.24) is 9.55 Å². The van der Waals surface area contributed by atoms with Crippen LogP contribution in [-0.2, 0) is 12.7 Å². The molecule has 4 nitrogen and oxygen atoms in total. The molecule has 0 saturated heterocycles. The summed E-state index contributed by atoms with van der Waals surface area (Å²) in [4.78, 5) is 16.4. The van der Waals surface area contributed by atoms with Crippen molar-refractivity contribution in [2.45, 2.75) is 26.6 Å². The number of carboxylic acid groups (broad SMARTS) is 1. The first-order chi connectivity index (χ1) is 14.7. The second-order valence-electron chi connectivity index (χ2n) is 7.42. The minimum atomic E-state index is -4.51. The van der Waals surface area contributed by atoms with Gasteiger partial charge in [0.1, 0.15) is 5.82 Å². The topological polar surface area (TPSA) is 55.1 Å². The molecule has 0 saturated carbocycles. The number of carboxylic acids is 1. The van der Waals surface area contributed by atoms with Gasteiger partial charge in [-0.25, -0.2) is 9.78 Å². The summed E-state index contributed by atoms with van der Waals surface area (Å²) in [7, 11) is 0.